The minimum absolute atomic E-state index is 0.137. The molecule has 0 unspecified atom stereocenters. The van der Waals surface area contributed by atoms with Gasteiger partial charge in [-0.15, -0.1) is 0 Å². The molecular formula is C19H16Cl2N8O3. The number of fused-ring (bicyclic) bond motifs is 1. The molecule has 1 aliphatic rings. The van der Waals surface area contributed by atoms with Gasteiger partial charge in [-0.1, -0.05) is 28.4 Å². The van der Waals surface area contributed by atoms with Crippen LogP contribution >= 0.6 is 23.2 Å². The summed E-state index contributed by atoms with van der Waals surface area (Å²) in [5.74, 6) is 0.456. The third kappa shape index (κ3) is 3.45. The summed E-state index contributed by atoms with van der Waals surface area (Å²) < 4.78 is 6.62. The van der Waals surface area contributed by atoms with Crippen LogP contribution in [0.3, 0.4) is 0 Å². The van der Waals surface area contributed by atoms with Crippen LogP contribution in [0.4, 0.5) is 11.6 Å². The fourth-order valence-electron chi connectivity index (χ4n) is 3.76. The molecule has 13 heteroatoms. The topological polar surface area (TPSA) is 148 Å². The first-order valence-corrected chi connectivity index (χ1v) is 10.3. The van der Waals surface area contributed by atoms with Crippen molar-refractivity contribution in [3.05, 3.63) is 56.8 Å². The SMILES string of the molecule is Nc1noc2c(N3CC[C@@H](NC(=O)c4ccc(-n5cn[nH]c5=O)cc4Cl)C3)ncc(Cl)c12. The highest BCUT2D eigenvalue weighted by atomic mass is 35.5. The Morgan fingerprint density at radius 2 is 2.16 bits per heavy atom. The maximum Gasteiger partial charge on any atom is 0.347 e. The van der Waals surface area contributed by atoms with Gasteiger partial charge in [0, 0.05) is 25.3 Å². The summed E-state index contributed by atoms with van der Waals surface area (Å²) in [6, 6.07) is 4.60. The molecule has 0 bridgehead atoms. The van der Waals surface area contributed by atoms with Gasteiger partial charge < -0.3 is 20.5 Å². The maximum absolute atomic E-state index is 12.8. The van der Waals surface area contributed by atoms with Crippen molar-refractivity contribution in [3.8, 4) is 5.69 Å². The van der Waals surface area contributed by atoms with Gasteiger partial charge >= 0.3 is 5.69 Å². The summed E-state index contributed by atoms with van der Waals surface area (Å²) >= 11 is 12.5. The number of nitrogen functional groups attached to an aromatic ring is 1. The van der Waals surface area contributed by atoms with Crippen LogP contribution in [0.15, 0.2) is 40.0 Å². The molecule has 1 aromatic carbocycles. The van der Waals surface area contributed by atoms with E-state index in [4.69, 9.17) is 33.5 Å². The van der Waals surface area contributed by atoms with Gasteiger partial charge in [-0.25, -0.2) is 19.4 Å². The first-order valence-electron chi connectivity index (χ1n) is 9.59. The molecule has 1 amide bonds. The van der Waals surface area contributed by atoms with E-state index < -0.39 is 5.69 Å². The molecule has 1 atom stereocenters. The molecular weight excluding hydrogens is 459 g/mol. The van der Waals surface area contributed by atoms with Crippen LogP contribution in [0.2, 0.25) is 10.0 Å². The van der Waals surface area contributed by atoms with E-state index in [1.807, 2.05) is 4.90 Å². The lowest BCUT2D eigenvalue weighted by Crippen LogP contribution is -2.37. The van der Waals surface area contributed by atoms with Crippen molar-refractivity contribution in [3.63, 3.8) is 0 Å². The quantitative estimate of drug-likeness (QED) is 0.406. The molecule has 0 aliphatic carbocycles. The Bertz CT molecular complexity index is 1390. The number of pyridine rings is 1. The van der Waals surface area contributed by atoms with E-state index >= 15 is 0 Å². The highest BCUT2D eigenvalue weighted by Gasteiger charge is 2.29. The molecule has 1 fully saturated rings. The van der Waals surface area contributed by atoms with Crippen molar-refractivity contribution in [1.82, 2.24) is 30.2 Å². The Kier molecular flexibility index (Phi) is 4.98. The molecule has 0 saturated carbocycles. The van der Waals surface area contributed by atoms with Crippen molar-refractivity contribution in [2.75, 3.05) is 23.7 Å². The van der Waals surface area contributed by atoms with E-state index in [9.17, 15) is 9.59 Å². The van der Waals surface area contributed by atoms with E-state index in [0.717, 1.165) is 0 Å². The lowest BCUT2D eigenvalue weighted by molar-refractivity contribution is 0.0940. The fraction of sp³-hybridized carbons (Fsp3) is 0.211. The van der Waals surface area contributed by atoms with Gasteiger partial charge in [0.2, 0.25) is 5.58 Å². The lowest BCUT2D eigenvalue weighted by Gasteiger charge is -2.18. The summed E-state index contributed by atoms with van der Waals surface area (Å²) in [6.07, 6.45) is 3.54. The molecule has 3 aromatic heterocycles. The number of nitrogens with one attached hydrogen (secondary N) is 2. The Hall–Kier alpha value is -3.57. The molecule has 4 aromatic rings. The van der Waals surface area contributed by atoms with Crippen molar-refractivity contribution >= 4 is 51.7 Å². The average molecular weight is 475 g/mol. The number of carbonyl (C=O) groups excluding carboxylic acids is 1. The van der Waals surface area contributed by atoms with E-state index in [1.165, 1.54) is 23.2 Å². The monoisotopic (exact) mass is 474 g/mol. The number of hydrogen-bond donors (Lipinski definition) is 3. The van der Waals surface area contributed by atoms with E-state index in [2.05, 4.69) is 25.7 Å². The third-order valence-electron chi connectivity index (χ3n) is 5.31. The zero-order chi connectivity index (χ0) is 22.4. The molecule has 1 saturated heterocycles. The van der Waals surface area contributed by atoms with Crippen LogP contribution in [0.5, 0.6) is 0 Å². The maximum atomic E-state index is 12.8. The summed E-state index contributed by atoms with van der Waals surface area (Å²) in [5, 5.41) is 13.9. The average Bonchev–Trinajstić information content (AvgIpc) is 3.49. The summed E-state index contributed by atoms with van der Waals surface area (Å²) in [6.45, 7) is 1.15. The minimum Gasteiger partial charge on any atom is -0.380 e. The number of hydrogen-bond acceptors (Lipinski definition) is 8. The lowest BCUT2D eigenvalue weighted by atomic mass is 10.1. The zero-order valence-corrected chi connectivity index (χ0v) is 17.9. The number of H-pyrrole nitrogens is 1. The number of aromatic nitrogens is 5. The second-order valence-corrected chi connectivity index (χ2v) is 8.12. The van der Waals surface area contributed by atoms with Crippen molar-refractivity contribution in [1.29, 1.82) is 0 Å². The Morgan fingerprint density at radius 3 is 2.91 bits per heavy atom. The fourth-order valence-corrected chi connectivity index (χ4v) is 4.25. The van der Waals surface area contributed by atoms with Crippen molar-refractivity contribution in [2.45, 2.75) is 12.5 Å². The number of halogens is 2. The Labute approximate surface area is 190 Å². The molecule has 0 spiro atoms. The van der Waals surface area contributed by atoms with Crippen LogP contribution in [-0.4, -0.2) is 49.9 Å². The number of rotatable bonds is 4. The highest BCUT2D eigenvalue weighted by molar-refractivity contribution is 6.36. The predicted molar refractivity (Wildman–Crippen MR) is 119 cm³/mol. The number of nitrogens with zero attached hydrogens (tertiary/aromatic N) is 5. The van der Waals surface area contributed by atoms with Gasteiger partial charge in [0.15, 0.2) is 11.6 Å². The van der Waals surface area contributed by atoms with E-state index in [1.54, 1.807) is 12.1 Å². The molecule has 11 nitrogen and oxygen atoms in total. The molecule has 1 aliphatic heterocycles. The molecule has 4 heterocycles. The number of benzene rings is 1. The first-order chi connectivity index (χ1) is 15.4. The standard InChI is InChI=1S/C19H16Cl2N8O3/c20-12-5-10(29-8-24-26-19(29)31)1-2-11(12)18(30)25-9-3-4-28(7-9)17-15-14(13(21)6-23-17)16(22)27-32-15/h1-2,5-6,8-9H,3-4,7H2,(H2,22,27)(H,25,30)(H,26,31)/t9-/m1/s1. The summed E-state index contributed by atoms with van der Waals surface area (Å²) in [7, 11) is 0. The van der Waals surface area contributed by atoms with Gasteiger partial charge in [0.05, 0.1) is 26.7 Å². The molecule has 5 rings (SSSR count). The Morgan fingerprint density at radius 1 is 1.31 bits per heavy atom. The third-order valence-corrected chi connectivity index (χ3v) is 5.91. The van der Waals surface area contributed by atoms with Crippen LogP contribution in [-0.2, 0) is 0 Å². The van der Waals surface area contributed by atoms with Gasteiger partial charge in [0.1, 0.15) is 6.33 Å². The summed E-state index contributed by atoms with van der Waals surface area (Å²) in [5.41, 5.74) is 6.66. The normalized spacial score (nSPS) is 16.1. The van der Waals surface area contributed by atoms with Crippen LogP contribution in [0, 0.1) is 0 Å². The van der Waals surface area contributed by atoms with Crippen LogP contribution in [0.25, 0.3) is 16.7 Å². The number of aromatic amines is 1. The number of anilines is 2. The first kappa shape index (κ1) is 20.3. The predicted octanol–water partition coefficient (Wildman–Crippen LogP) is 1.99. The minimum atomic E-state index is -0.400. The van der Waals surface area contributed by atoms with Gasteiger partial charge in [-0.05, 0) is 24.6 Å². The Balaban J connectivity index is 1.31. The van der Waals surface area contributed by atoms with Crippen LogP contribution in [0.1, 0.15) is 16.8 Å². The molecule has 164 valence electrons. The second kappa shape index (κ2) is 7.84. The highest BCUT2D eigenvalue weighted by Crippen LogP contribution is 2.35. The van der Waals surface area contributed by atoms with Crippen molar-refractivity contribution in [2.24, 2.45) is 0 Å². The second-order valence-electron chi connectivity index (χ2n) is 7.30. The number of amides is 1. The van der Waals surface area contributed by atoms with Crippen LogP contribution < -0.4 is 21.6 Å². The molecule has 4 N–H and O–H groups in total. The number of nitrogens with two attached hydrogens (primary N) is 1. The smallest absolute Gasteiger partial charge is 0.347 e. The van der Waals surface area contributed by atoms with E-state index in [0.29, 0.717) is 52.6 Å². The molecule has 0 radical (unpaired) electrons. The zero-order valence-electron chi connectivity index (χ0n) is 16.4. The van der Waals surface area contributed by atoms with Gasteiger partial charge in [-0.3, -0.25) is 4.79 Å². The largest absolute Gasteiger partial charge is 0.380 e. The van der Waals surface area contributed by atoms with E-state index in [-0.39, 0.29) is 22.8 Å². The summed E-state index contributed by atoms with van der Waals surface area (Å²) in [4.78, 5) is 30.9. The van der Waals surface area contributed by atoms with Gasteiger partial charge in [0.25, 0.3) is 5.91 Å². The molecule has 32 heavy (non-hydrogen) atoms. The van der Waals surface area contributed by atoms with Gasteiger partial charge in [-0.2, -0.15) is 5.10 Å². The van der Waals surface area contributed by atoms with Crippen molar-refractivity contribution < 1.29 is 9.32 Å². The number of carbonyl (C=O) groups is 1.